The molecule has 0 radical (unpaired) electrons. The van der Waals surface area contributed by atoms with E-state index in [0.29, 0.717) is 17.7 Å². The zero-order chi connectivity index (χ0) is 25.4. The van der Waals surface area contributed by atoms with Crippen LogP contribution in [0, 0.1) is 15.5 Å². The third-order valence-corrected chi connectivity index (χ3v) is 6.44. The van der Waals surface area contributed by atoms with Crippen molar-refractivity contribution in [3.8, 4) is 5.75 Å². The van der Waals surface area contributed by atoms with Gasteiger partial charge in [-0.25, -0.2) is 4.79 Å². The lowest BCUT2D eigenvalue weighted by atomic mass is 9.73. The van der Waals surface area contributed by atoms with Gasteiger partial charge in [0.25, 0.3) is 5.69 Å². The van der Waals surface area contributed by atoms with E-state index in [9.17, 15) is 19.7 Å². The molecule has 0 unspecified atom stereocenters. The maximum Gasteiger partial charge on any atom is 0.343 e. The molecule has 5 rings (SSSR count). The summed E-state index contributed by atoms with van der Waals surface area (Å²) in [6.45, 7) is 4.18. The van der Waals surface area contributed by atoms with E-state index in [1.165, 1.54) is 24.3 Å². The van der Waals surface area contributed by atoms with E-state index in [0.717, 1.165) is 29.1 Å². The third-order valence-electron chi connectivity index (χ3n) is 6.44. The molecule has 8 heteroatoms. The zero-order valence-corrected chi connectivity index (χ0v) is 19.9. The van der Waals surface area contributed by atoms with Crippen LogP contribution in [0.1, 0.15) is 48.7 Å². The molecule has 0 saturated carbocycles. The summed E-state index contributed by atoms with van der Waals surface area (Å²) in [4.78, 5) is 36.4. The van der Waals surface area contributed by atoms with E-state index >= 15 is 0 Å². The van der Waals surface area contributed by atoms with Gasteiger partial charge < -0.3 is 15.4 Å². The van der Waals surface area contributed by atoms with Gasteiger partial charge in [-0.1, -0.05) is 38.1 Å². The summed E-state index contributed by atoms with van der Waals surface area (Å²) >= 11 is 0. The van der Waals surface area contributed by atoms with Gasteiger partial charge in [0.15, 0.2) is 5.78 Å². The number of nitrogens with zero attached hydrogens (tertiary/aromatic N) is 1. The van der Waals surface area contributed by atoms with Crippen molar-refractivity contribution in [1.82, 2.24) is 0 Å². The number of para-hydroxylation sites is 2. The fourth-order valence-corrected chi connectivity index (χ4v) is 4.78. The molecule has 1 heterocycles. The molecule has 8 nitrogen and oxygen atoms in total. The Morgan fingerprint density at radius 1 is 1.00 bits per heavy atom. The molecule has 1 aliphatic heterocycles. The molecule has 0 aromatic heterocycles. The van der Waals surface area contributed by atoms with Crippen molar-refractivity contribution >= 4 is 28.8 Å². The Morgan fingerprint density at radius 2 is 1.72 bits per heavy atom. The van der Waals surface area contributed by atoms with E-state index in [4.69, 9.17) is 4.74 Å². The normalized spacial score (nSPS) is 18.2. The number of ketones is 1. The van der Waals surface area contributed by atoms with Crippen molar-refractivity contribution in [1.29, 1.82) is 0 Å². The summed E-state index contributed by atoms with van der Waals surface area (Å²) in [5.41, 5.74) is 4.07. The number of hydrogen-bond acceptors (Lipinski definition) is 7. The fraction of sp³-hybridized carbons (Fsp3) is 0.214. The van der Waals surface area contributed by atoms with Crippen LogP contribution >= 0.6 is 0 Å². The number of hydrogen-bond donors (Lipinski definition) is 2. The lowest BCUT2D eigenvalue weighted by molar-refractivity contribution is -0.384. The van der Waals surface area contributed by atoms with Crippen molar-refractivity contribution in [2.45, 2.75) is 32.7 Å². The summed E-state index contributed by atoms with van der Waals surface area (Å²) in [5.74, 6) is -0.237. The summed E-state index contributed by atoms with van der Waals surface area (Å²) < 4.78 is 5.58. The minimum Gasteiger partial charge on any atom is -0.423 e. The number of non-ortho nitro benzene ring substituents is 1. The molecule has 2 N–H and O–H groups in total. The first kappa shape index (κ1) is 23.3. The number of rotatable bonds is 4. The lowest BCUT2D eigenvalue weighted by Gasteiger charge is -2.34. The number of Topliss-reactive ketones (excluding diaryl/α,β-unsaturated/α-hetero) is 1. The quantitative estimate of drug-likeness (QED) is 0.202. The van der Waals surface area contributed by atoms with Crippen LogP contribution in [0.25, 0.3) is 0 Å². The summed E-state index contributed by atoms with van der Waals surface area (Å²) in [6, 6.07) is 19.7. The molecule has 1 atom stereocenters. The number of carbonyl (C=O) groups excluding carboxylic acids is 2. The van der Waals surface area contributed by atoms with Crippen LogP contribution in [0.2, 0.25) is 0 Å². The summed E-state index contributed by atoms with van der Waals surface area (Å²) in [6.07, 6.45) is 1.17. The molecule has 182 valence electrons. The van der Waals surface area contributed by atoms with Crippen molar-refractivity contribution in [3.05, 3.63) is 105 Å². The summed E-state index contributed by atoms with van der Waals surface area (Å²) in [5, 5.41) is 17.9. The molecule has 2 aliphatic rings. The molecule has 3 aromatic carbocycles. The van der Waals surface area contributed by atoms with Crippen molar-refractivity contribution < 1.29 is 19.2 Å². The standard InChI is InChI=1S/C28H25N3O5/c1-28(2)15-23-25(24(32)16-28)26(30-22-9-4-3-8-21(22)29-23)18-6-5-7-20(14-18)36-27(33)17-10-12-19(13-11-17)31(34)35/h3-14,26,29-30H,15-16H2,1-2H3/t26-/m0/s1. The molecule has 0 spiro atoms. The van der Waals surface area contributed by atoms with Crippen LogP contribution in [0.5, 0.6) is 5.75 Å². The first-order valence-corrected chi connectivity index (χ1v) is 11.7. The van der Waals surface area contributed by atoms with Gasteiger partial charge in [0, 0.05) is 29.8 Å². The Balaban J connectivity index is 1.48. The molecule has 0 fully saturated rings. The Kier molecular flexibility index (Phi) is 5.80. The van der Waals surface area contributed by atoms with Crippen LogP contribution in [-0.4, -0.2) is 16.7 Å². The van der Waals surface area contributed by atoms with E-state index in [1.807, 2.05) is 30.3 Å². The van der Waals surface area contributed by atoms with Gasteiger partial charge in [0.2, 0.25) is 0 Å². The predicted molar refractivity (Wildman–Crippen MR) is 136 cm³/mol. The number of carbonyl (C=O) groups is 2. The van der Waals surface area contributed by atoms with Crippen LogP contribution in [0.4, 0.5) is 17.1 Å². The zero-order valence-electron chi connectivity index (χ0n) is 19.9. The SMILES string of the molecule is CC1(C)CC(=O)C2=C(C1)Nc1ccccc1N[C@H]2c1cccc(OC(=O)c2ccc([N+](=O)[O-])cc2)c1. The van der Waals surface area contributed by atoms with Crippen molar-refractivity contribution in [2.24, 2.45) is 5.41 Å². The first-order valence-electron chi connectivity index (χ1n) is 11.7. The minimum absolute atomic E-state index is 0.0762. The van der Waals surface area contributed by atoms with Crippen LogP contribution in [0.3, 0.4) is 0 Å². The highest BCUT2D eigenvalue weighted by atomic mass is 16.6. The average molecular weight is 484 g/mol. The van der Waals surface area contributed by atoms with Gasteiger partial charge >= 0.3 is 5.97 Å². The molecule has 1 aliphatic carbocycles. The van der Waals surface area contributed by atoms with Gasteiger partial charge in [-0.15, -0.1) is 0 Å². The Hall–Kier alpha value is -4.46. The summed E-state index contributed by atoms with van der Waals surface area (Å²) in [7, 11) is 0. The van der Waals surface area contributed by atoms with Gasteiger partial charge in [-0.05, 0) is 53.8 Å². The molecule has 0 amide bonds. The number of fused-ring (bicyclic) bond motifs is 1. The smallest absolute Gasteiger partial charge is 0.343 e. The van der Waals surface area contributed by atoms with Gasteiger partial charge in [-0.3, -0.25) is 14.9 Å². The van der Waals surface area contributed by atoms with E-state index < -0.39 is 16.9 Å². The van der Waals surface area contributed by atoms with Crippen LogP contribution < -0.4 is 15.4 Å². The highest BCUT2D eigenvalue weighted by Gasteiger charge is 2.38. The molecular formula is C28H25N3O5. The second-order valence-electron chi connectivity index (χ2n) is 9.85. The van der Waals surface area contributed by atoms with E-state index in [1.54, 1.807) is 18.2 Å². The van der Waals surface area contributed by atoms with Gasteiger partial charge in [0.05, 0.1) is 27.9 Å². The van der Waals surface area contributed by atoms with Crippen LogP contribution in [0.15, 0.2) is 84.1 Å². The largest absolute Gasteiger partial charge is 0.423 e. The number of allylic oxidation sites excluding steroid dienone is 1. The topological polar surface area (TPSA) is 111 Å². The third kappa shape index (κ3) is 4.57. The molecule has 36 heavy (non-hydrogen) atoms. The van der Waals surface area contributed by atoms with Crippen molar-refractivity contribution in [3.63, 3.8) is 0 Å². The second kappa shape index (κ2) is 8.96. The predicted octanol–water partition coefficient (Wildman–Crippen LogP) is 6.04. The molecule has 0 bridgehead atoms. The Bertz CT molecular complexity index is 1410. The number of nitro benzene ring substituents is 1. The highest BCUT2D eigenvalue weighted by molar-refractivity contribution is 6.01. The van der Waals surface area contributed by atoms with Gasteiger partial charge in [-0.2, -0.15) is 0 Å². The molecule has 3 aromatic rings. The fourth-order valence-electron chi connectivity index (χ4n) is 4.78. The van der Waals surface area contributed by atoms with Gasteiger partial charge in [0.1, 0.15) is 5.75 Å². The highest BCUT2D eigenvalue weighted by Crippen LogP contribution is 2.45. The maximum atomic E-state index is 13.4. The number of esters is 1. The lowest BCUT2D eigenvalue weighted by Crippen LogP contribution is -2.31. The number of nitrogens with one attached hydrogen (secondary N) is 2. The first-order chi connectivity index (χ1) is 17.2. The Labute approximate surface area is 208 Å². The second-order valence-corrected chi connectivity index (χ2v) is 9.85. The van der Waals surface area contributed by atoms with Crippen molar-refractivity contribution in [2.75, 3.05) is 10.6 Å². The monoisotopic (exact) mass is 483 g/mol. The maximum absolute atomic E-state index is 13.4. The van der Waals surface area contributed by atoms with E-state index in [2.05, 4.69) is 24.5 Å². The number of benzene rings is 3. The average Bonchev–Trinajstić information content (AvgIpc) is 3.00. The number of ether oxygens (including phenoxy) is 1. The van der Waals surface area contributed by atoms with E-state index in [-0.39, 0.29) is 22.4 Å². The number of nitro groups is 1. The number of anilines is 2. The van der Waals surface area contributed by atoms with Crippen LogP contribution in [-0.2, 0) is 4.79 Å². The minimum atomic E-state index is -0.627. The molecular weight excluding hydrogens is 458 g/mol. The molecule has 0 saturated heterocycles. The Morgan fingerprint density at radius 3 is 2.44 bits per heavy atom.